The van der Waals surface area contributed by atoms with Gasteiger partial charge in [-0.3, -0.25) is 4.79 Å². The average molecular weight is 359 g/mol. The van der Waals surface area contributed by atoms with Crippen LogP contribution < -0.4 is 14.8 Å². The molecule has 0 radical (unpaired) electrons. The van der Waals surface area contributed by atoms with Crippen molar-refractivity contribution < 1.29 is 18.7 Å². The van der Waals surface area contributed by atoms with Crippen molar-refractivity contribution in [3.05, 3.63) is 47.2 Å². The second kappa shape index (κ2) is 7.80. The standard InChI is InChI=1S/C17H17N3O4S/c1-22-12-8-11(9-13(10-12)23-2)16(21)18-6-5-15-19-20-17(24-15)14-4-3-7-25-14/h3-4,7-10H,5-6H2,1-2H3,(H,18,21). The summed E-state index contributed by atoms with van der Waals surface area (Å²) in [5.41, 5.74) is 0.459. The van der Waals surface area contributed by atoms with E-state index in [-0.39, 0.29) is 5.91 Å². The van der Waals surface area contributed by atoms with E-state index >= 15 is 0 Å². The predicted octanol–water partition coefficient (Wildman–Crippen LogP) is 2.79. The molecule has 2 heterocycles. The number of carbonyl (C=O) groups is 1. The third-order valence-electron chi connectivity index (χ3n) is 3.44. The van der Waals surface area contributed by atoms with Crippen molar-refractivity contribution >= 4 is 17.2 Å². The smallest absolute Gasteiger partial charge is 0.257 e. The van der Waals surface area contributed by atoms with E-state index in [1.54, 1.807) is 18.2 Å². The fourth-order valence-electron chi connectivity index (χ4n) is 2.18. The molecule has 1 amide bonds. The van der Waals surface area contributed by atoms with Gasteiger partial charge >= 0.3 is 0 Å². The van der Waals surface area contributed by atoms with Gasteiger partial charge in [0.1, 0.15) is 11.5 Å². The van der Waals surface area contributed by atoms with Crippen LogP contribution in [0.4, 0.5) is 0 Å². The molecule has 0 aliphatic heterocycles. The summed E-state index contributed by atoms with van der Waals surface area (Å²) in [6.07, 6.45) is 0.450. The molecular weight excluding hydrogens is 342 g/mol. The molecule has 8 heteroatoms. The van der Waals surface area contributed by atoms with Crippen molar-refractivity contribution in [2.75, 3.05) is 20.8 Å². The number of carbonyl (C=O) groups excluding carboxylic acids is 1. The lowest BCUT2D eigenvalue weighted by atomic mass is 10.2. The summed E-state index contributed by atoms with van der Waals surface area (Å²) in [5.74, 6) is 1.86. The van der Waals surface area contributed by atoms with Crippen LogP contribution in [0.3, 0.4) is 0 Å². The van der Waals surface area contributed by atoms with Crippen molar-refractivity contribution in [2.24, 2.45) is 0 Å². The second-order valence-corrected chi connectivity index (χ2v) is 6.03. The molecule has 0 spiro atoms. The van der Waals surface area contributed by atoms with Gasteiger partial charge in [-0.25, -0.2) is 0 Å². The Kier molecular flexibility index (Phi) is 5.30. The molecule has 130 valence electrons. The Morgan fingerprint density at radius 3 is 2.60 bits per heavy atom. The number of methoxy groups -OCH3 is 2. The molecule has 0 aliphatic rings. The third kappa shape index (κ3) is 4.16. The lowest BCUT2D eigenvalue weighted by Gasteiger charge is -2.08. The third-order valence-corrected chi connectivity index (χ3v) is 4.29. The minimum atomic E-state index is -0.227. The number of nitrogens with one attached hydrogen (secondary N) is 1. The second-order valence-electron chi connectivity index (χ2n) is 5.09. The SMILES string of the molecule is COc1cc(OC)cc(C(=O)NCCc2nnc(-c3cccs3)o2)c1. The van der Waals surface area contributed by atoms with Gasteiger partial charge in [0.25, 0.3) is 11.8 Å². The van der Waals surface area contributed by atoms with Crippen LogP contribution in [0.15, 0.2) is 40.1 Å². The number of hydrogen-bond donors (Lipinski definition) is 1. The Morgan fingerprint density at radius 1 is 1.20 bits per heavy atom. The number of nitrogens with zero attached hydrogens (tertiary/aromatic N) is 2. The first-order valence-electron chi connectivity index (χ1n) is 7.57. The van der Waals surface area contributed by atoms with Crippen molar-refractivity contribution in [3.63, 3.8) is 0 Å². The average Bonchev–Trinajstić information content (AvgIpc) is 3.32. The van der Waals surface area contributed by atoms with Crippen LogP contribution in [-0.2, 0) is 6.42 Å². The number of hydrogen-bond acceptors (Lipinski definition) is 7. The van der Waals surface area contributed by atoms with Gasteiger partial charge in [0.2, 0.25) is 5.89 Å². The lowest BCUT2D eigenvalue weighted by molar-refractivity contribution is 0.0953. The van der Waals surface area contributed by atoms with E-state index in [0.29, 0.717) is 41.8 Å². The highest BCUT2D eigenvalue weighted by molar-refractivity contribution is 7.13. The molecule has 3 rings (SSSR count). The Labute approximate surface area is 148 Å². The number of thiophene rings is 1. The van der Waals surface area contributed by atoms with Crippen LogP contribution in [0.2, 0.25) is 0 Å². The van der Waals surface area contributed by atoms with E-state index in [2.05, 4.69) is 15.5 Å². The van der Waals surface area contributed by atoms with E-state index in [1.807, 2.05) is 17.5 Å². The van der Waals surface area contributed by atoms with Gasteiger partial charge in [0.15, 0.2) is 0 Å². The number of aromatic nitrogens is 2. The topological polar surface area (TPSA) is 86.5 Å². The largest absolute Gasteiger partial charge is 0.497 e. The molecule has 1 N–H and O–H groups in total. The van der Waals surface area contributed by atoms with E-state index in [4.69, 9.17) is 13.9 Å². The lowest BCUT2D eigenvalue weighted by Crippen LogP contribution is -2.25. The van der Waals surface area contributed by atoms with Gasteiger partial charge < -0.3 is 19.2 Å². The Morgan fingerprint density at radius 2 is 1.96 bits per heavy atom. The van der Waals surface area contributed by atoms with E-state index in [9.17, 15) is 4.79 Å². The quantitative estimate of drug-likeness (QED) is 0.698. The molecule has 1 aromatic carbocycles. The van der Waals surface area contributed by atoms with Gasteiger partial charge in [-0.2, -0.15) is 0 Å². The Bertz CT molecular complexity index is 823. The van der Waals surface area contributed by atoms with Gasteiger partial charge in [0.05, 0.1) is 19.1 Å². The van der Waals surface area contributed by atoms with E-state index < -0.39 is 0 Å². The molecule has 0 aliphatic carbocycles. The van der Waals surface area contributed by atoms with Crippen LogP contribution in [0, 0.1) is 0 Å². The summed E-state index contributed by atoms with van der Waals surface area (Å²) in [7, 11) is 3.08. The molecule has 0 atom stereocenters. The van der Waals surface area contributed by atoms with Gasteiger partial charge in [-0.15, -0.1) is 21.5 Å². The molecule has 0 saturated heterocycles. The van der Waals surface area contributed by atoms with Crippen LogP contribution in [0.1, 0.15) is 16.2 Å². The zero-order valence-corrected chi connectivity index (χ0v) is 14.6. The summed E-state index contributed by atoms with van der Waals surface area (Å²) in [6.45, 7) is 0.379. The fourth-order valence-corrected chi connectivity index (χ4v) is 2.82. The monoisotopic (exact) mass is 359 g/mol. The van der Waals surface area contributed by atoms with Crippen molar-refractivity contribution in [3.8, 4) is 22.3 Å². The molecule has 7 nitrogen and oxygen atoms in total. The summed E-state index contributed by atoms with van der Waals surface area (Å²) >= 11 is 1.53. The maximum Gasteiger partial charge on any atom is 0.257 e. The van der Waals surface area contributed by atoms with Gasteiger partial charge in [-0.05, 0) is 23.6 Å². The maximum atomic E-state index is 12.3. The molecular formula is C17H17N3O4S. The molecule has 0 fully saturated rings. The first kappa shape index (κ1) is 17.0. The first-order valence-corrected chi connectivity index (χ1v) is 8.45. The molecule has 25 heavy (non-hydrogen) atoms. The number of rotatable bonds is 7. The molecule has 0 bridgehead atoms. The Balaban J connectivity index is 1.58. The van der Waals surface area contributed by atoms with Gasteiger partial charge in [-0.1, -0.05) is 6.07 Å². The highest BCUT2D eigenvalue weighted by atomic mass is 32.1. The molecule has 0 unspecified atom stereocenters. The fraction of sp³-hybridized carbons (Fsp3) is 0.235. The van der Waals surface area contributed by atoms with Crippen LogP contribution in [0.5, 0.6) is 11.5 Å². The predicted molar refractivity (Wildman–Crippen MR) is 93.2 cm³/mol. The molecule has 0 saturated carbocycles. The highest BCUT2D eigenvalue weighted by Crippen LogP contribution is 2.23. The first-order chi connectivity index (χ1) is 12.2. The molecule has 2 aromatic heterocycles. The van der Waals surface area contributed by atoms with Crippen molar-refractivity contribution in [2.45, 2.75) is 6.42 Å². The van der Waals surface area contributed by atoms with Gasteiger partial charge in [0, 0.05) is 24.6 Å². The minimum Gasteiger partial charge on any atom is -0.497 e. The van der Waals surface area contributed by atoms with E-state index in [0.717, 1.165) is 4.88 Å². The van der Waals surface area contributed by atoms with Crippen LogP contribution in [0.25, 0.3) is 10.8 Å². The van der Waals surface area contributed by atoms with Crippen molar-refractivity contribution in [1.82, 2.24) is 15.5 Å². The van der Waals surface area contributed by atoms with Crippen molar-refractivity contribution in [1.29, 1.82) is 0 Å². The van der Waals surface area contributed by atoms with Crippen LogP contribution >= 0.6 is 11.3 Å². The zero-order chi connectivity index (χ0) is 17.6. The summed E-state index contributed by atoms with van der Waals surface area (Å²) in [5, 5.41) is 12.8. The number of benzene rings is 1. The zero-order valence-electron chi connectivity index (χ0n) is 13.8. The van der Waals surface area contributed by atoms with E-state index in [1.165, 1.54) is 25.6 Å². The maximum absolute atomic E-state index is 12.3. The normalized spacial score (nSPS) is 10.5. The summed E-state index contributed by atoms with van der Waals surface area (Å²) in [6, 6.07) is 8.85. The molecule has 3 aromatic rings. The summed E-state index contributed by atoms with van der Waals surface area (Å²) < 4.78 is 15.9. The Hall–Kier alpha value is -2.87. The number of ether oxygens (including phenoxy) is 2. The van der Waals surface area contributed by atoms with Crippen LogP contribution in [-0.4, -0.2) is 36.9 Å². The minimum absolute atomic E-state index is 0.227. The summed E-state index contributed by atoms with van der Waals surface area (Å²) in [4.78, 5) is 13.2. The highest BCUT2D eigenvalue weighted by Gasteiger charge is 2.12. The number of amides is 1.